The third-order valence-electron chi connectivity index (χ3n) is 3.31. The van der Waals surface area contributed by atoms with Crippen LogP contribution in [0, 0.1) is 0 Å². The molecule has 120 valence electrons. The van der Waals surface area contributed by atoms with E-state index in [1.54, 1.807) is 18.0 Å². The number of fused-ring (bicyclic) bond motifs is 1. The Labute approximate surface area is 131 Å². The van der Waals surface area contributed by atoms with Gasteiger partial charge in [0.1, 0.15) is 0 Å². The fourth-order valence-electron chi connectivity index (χ4n) is 2.11. The van der Waals surface area contributed by atoms with Crippen LogP contribution in [0.3, 0.4) is 0 Å². The SMILES string of the molecule is OCCCCCCSc1cnc2cc(C(F)(F)F)ccc2c1. The van der Waals surface area contributed by atoms with E-state index in [1.807, 2.05) is 6.07 Å². The van der Waals surface area contributed by atoms with E-state index in [0.29, 0.717) is 5.52 Å². The zero-order valence-corrected chi connectivity index (χ0v) is 12.9. The highest BCUT2D eigenvalue weighted by Crippen LogP contribution is 2.31. The van der Waals surface area contributed by atoms with E-state index in [1.165, 1.54) is 6.07 Å². The number of benzene rings is 1. The molecule has 6 heteroatoms. The van der Waals surface area contributed by atoms with Crippen molar-refractivity contribution in [2.75, 3.05) is 12.4 Å². The number of nitrogens with zero attached hydrogens (tertiary/aromatic N) is 1. The summed E-state index contributed by atoms with van der Waals surface area (Å²) in [5.74, 6) is 0.944. The van der Waals surface area contributed by atoms with Crippen LogP contribution in [-0.2, 0) is 6.18 Å². The van der Waals surface area contributed by atoms with Crippen LogP contribution in [0.1, 0.15) is 31.2 Å². The van der Waals surface area contributed by atoms with E-state index >= 15 is 0 Å². The van der Waals surface area contributed by atoms with Crippen LogP contribution in [-0.4, -0.2) is 22.5 Å². The van der Waals surface area contributed by atoms with Crippen LogP contribution in [0.5, 0.6) is 0 Å². The van der Waals surface area contributed by atoms with Crippen molar-refractivity contribution in [3.05, 3.63) is 36.0 Å². The van der Waals surface area contributed by atoms with Gasteiger partial charge in [-0.05, 0) is 36.8 Å². The van der Waals surface area contributed by atoms with Gasteiger partial charge < -0.3 is 5.11 Å². The summed E-state index contributed by atoms with van der Waals surface area (Å²) >= 11 is 1.66. The summed E-state index contributed by atoms with van der Waals surface area (Å²) in [5, 5.41) is 9.41. The second-order valence-electron chi connectivity index (χ2n) is 5.06. The molecule has 0 unspecified atom stereocenters. The second-order valence-corrected chi connectivity index (χ2v) is 6.23. The molecule has 1 aromatic carbocycles. The Morgan fingerprint density at radius 1 is 1.05 bits per heavy atom. The van der Waals surface area contributed by atoms with Crippen molar-refractivity contribution in [3.63, 3.8) is 0 Å². The van der Waals surface area contributed by atoms with Gasteiger partial charge in [-0.1, -0.05) is 18.9 Å². The maximum absolute atomic E-state index is 12.6. The van der Waals surface area contributed by atoms with Crippen molar-refractivity contribution in [3.8, 4) is 0 Å². The minimum absolute atomic E-state index is 0.238. The lowest BCUT2D eigenvalue weighted by atomic mass is 10.1. The van der Waals surface area contributed by atoms with Crippen molar-refractivity contribution in [2.45, 2.75) is 36.8 Å². The predicted molar refractivity (Wildman–Crippen MR) is 83.0 cm³/mol. The topological polar surface area (TPSA) is 33.1 Å². The molecule has 2 nitrogen and oxygen atoms in total. The van der Waals surface area contributed by atoms with Gasteiger partial charge in [0.15, 0.2) is 0 Å². The van der Waals surface area contributed by atoms with E-state index in [-0.39, 0.29) is 6.61 Å². The summed E-state index contributed by atoms with van der Waals surface area (Å²) < 4.78 is 37.9. The number of rotatable bonds is 7. The summed E-state index contributed by atoms with van der Waals surface area (Å²) in [7, 11) is 0. The van der Waals surface area contributed by atoms with E-state index in [0.717, 1.165) is 53.9 Å². The highest BCUT2D eigenvalue weighted by atomic mass is 32.2. The average molecular weight is 329 g/mol. The summed E-state index contributed by atoms with van der Waals surface area (Å²) in [5.41, 5.74) is -0.307. The molecule has 0 bridgehead atoms. The number of pyridine rings is 1. The van der Waals surface area contributed by atoms with Crippen molar-refractivity contribution >= 4 is 22.7 Å². The Morgan fingerprint density at radius 3 is 2.55 bits per heavy atom. The van der Waals surface area contributed by atoms with Crippen LogP contribution < -0.4 is 0 Å². The molecular formula is C16H18F3NOS. The molecular weight excluding hydrogens is 311 g/mol. The standard InChI is InChI=1S/C16H18F3NOS/c17-16(18,19)13-6-5-12-9-14(11-20-15(12)10-13)22-8-4-2-1-3-7-21/h5-6,9-11,21H,1-4,7-8H2. The Balaban J connectivity index is 1.96. The minimum Gasteiger partial charge on any atom is -0.396 e. The predicted octanol–water partition coefficient (Wildman–Crippen LogP) is 4.90. The molecule has 0 spiro atoms. The van der Waals surface area contributed by atoms with Gasteiger partial charge in [-0.2, -0.15) is 13.2 Å². The van der Waals surface area contributed by atoms with Crippen LogP contribution in [0.2, 0.25) is 0 Å². The number of hydrogen-bond acceptors (Lipinski definition) is 3. The number of halogens is 3. The minimum atomic E-state index is -4.34. The fourth-order valence-corrected chi connectivity index (χ4v) is 3.04. The van der Waals surface area contributed by atoms with E-state index < -0.39 is 11.7 Å². The number of aliphatic hydroxyl groups excluding tert-OH is 1. The van der Waals surface area contributed by atoms with Gasteiger partial charge in [0.05, 0.1) is 11.1 Å². The summed E-state index contributed by atoms with van der Waals surface area (Å²) in [6.07, 6.45) is 1.27. The lowest BCUT2D eigenvalue weighted by molar-refractivity contribution is -0.137. The molecule has 2 aromatic rings. The molecule has 0 aliphatic rings. The van der Waals surface area contributed by atoms with E-state index in [9.17, 15) is 13.2 Å². The maximum Gasteiger partial charge on any atom is 0.416 e. The lowest BCUT2D eigenvalue weighted by Gasteiger charge is -2.08. The van der Waals surface area contributed by atoms with Gasteiger partial charge >= 0.3 is 6.18 Å². The van der Waals surface area contributed by atoms with Crippen molar-refractivity contribution in [1.82, 2.24) is 4.98 Å². The lowest BCUT2D eigenvalue weighted by Crippen LogP contribution is -2.04. The Morgan fingerprint density at radius 2 is 1.82 bits per heavy atom. The Kier molecular flexibility index (Phi) is 6.08. The van der Waals surface area contributed by atoms with E-state index in [4.69, 9.17) is 5.11 Å². The van der Waals surface area contributed by atoms with Gasteiger partial charge in [-0.3, -0.25) is 4.98 Å². The van der Waals surface area contributed by atoms with Crippen molar-refractivity contribution in [1.29, 1.82) is 0 Å². The second kappa shape index (κ2) is 7.83. The summed E-state index contributed by atoms with van der Waals surface area (Å²) in [6, 6.07) is 5.52. The molecule has 0 saturated heterocycles. The normalized spacial score (nSPS) is 12.0. The zero-order valence-electron chi connectivity index (χ0n) is 12.1. The highest BCUT2D eigenvalue weighted by Gasteiger charge is 2.30. The number of alkyl halides is 3. The molecule has 0 aliphatic carbocycles. The number of aliphatic hydroxyl groups is 1. The number of aromatic nitrogens is 1. The molecule has 0 aliphatic heterocycles. The molecule has 1 heterocycles. The summed E-state index contributed by atoms with van der Waals surface area (Å²) in [4.78, 5) is 5.10. The van der Waals surface area contributed by atoms with Crippen LogP contribution in [0.25, 0.3) is 10.9 Å². The molecule has 0 atom stereocenters. The zero-order chi connectivity index (χ0) is 16.0. The first-order valence-corrected chi connectivity index (χ1v) is 8.20. The van der Waals surface area contributed by atoms with Gasteiger partial charge in [0, 0.05) is 23.1 Å². The third-order valence-corrected chi connectivity index (χ3v) is 4.36. The average Bonchev–Trinajstić information content (AvgIpc) is 2.49. The molecule has 1 aromatic heterocycles. The van der Waals surface area contributed by atoms with Crippen LogP contribution in [0.15, 0.2) is 35.4 Å². The monoisotopic (exact) mass is 329 g/mol. The number of unbranched alkanes of at least 4 members (excludes halogenated alkanes) is 3. The quantitative estimate of drug-likeness (QED) is 0.579. The Bertz CT molecular complexity index is 616. The number of hydrogen-bond donors (Lipinski definition) is 1. The Hall–Kier alpha value is -1.27. The van der Waals surface area contributed by atoms with Crippen LogP contribution in [0.4, 0.5) is 13.2 Å². The third kappa shape index (κ3) is 4.88. The van der Waals surface area contributed by atoms with Gasteiger partial charge in [-0.15, -0.1) is 11.8 Å². The molecule has 0 saturated carbocycles. The number of thioether (sulfide) groups is 1. The van der Waals surface area contributed by atoms with Gasteiger partial charge in [0.25, 0.3) is 0 Å². The first kappa shape index (κ1) is 17.1. The van der Waals surface area contributed by atoms with E-state index in [2.05, 4.69) is 4.98 Å². The molecule has 2 rings (SSSR count). The first-order chi connectivity index (χ1) is 10.5. The van der Waals surface area contributed by atoms with Gasteiger partial charge in [-0.25, -0.2) is 0 Å². The van der Waals surface area contributed by atoms with Crippen molar-refractivity contribution in [2.24, 2.45) is 0 Å². The van der Waals surface area contributed by atoms with Crippen molar-refractivity contribution < 1.29 is 18.3 Å². The molecule has 22 heavy (non-hydrogen) atoms. The summed E-state index contributed by atoms with van der Waals surface area (Å²) in [6.45, 7) is 0.238. The van der Waals surface area contributed by atoms with Gasteiger partial charge in [0.2, 0.25) is 0 Å². The van der Waals surface area contributed by atoms with Crippen LogP contribution >= 0.6 is 11.8 Å². The fraction of sp³-hybridized carbons (Fsp3) is 0.438. The molecule has 0 fully saturated rings. The smallest absolute Gasteiger partial charge is 0.396 e. The largest absolute Gasteiger partial charge is 0.416 e. The first-order valence-electron chi connectivity index (χ1n) is 7.21. The highest BCUT2D eigenvalue weighted by molar-refractivity contribution is 7.99. The maximum atomic E-state index is 12.6. The molecule has 0 amide bonds. The molecule has 0 radical (unpaired) electrons. The molecule has 1 N–H and O–H groups in total.